The van der Waals surface area contributed by atoms with Crippen molar-refractivity contribution in [1.29, 1.82) is 0 Å². The number of nitrogens with one attached hydrogen (secondary N) is 1. The lowest BCUT2D eigenvalue weighted by Crippen LogP contribution is -2.23. The molecule has 30 heavy (non-hydrogen) atoms. The van der Waals surface area contributed by atoms with Gasteiger partial charge in [0.2, 0.25) is 0 Å². The van der Waals surface area contributed by atoms with Crippen molar-refractivity contribution < 1.29 is 19.2 Å². The van der Waals surface area contributed by atoms with E-state index in [1.54, 1.807) is 36.4 Å². The average molecular weight is 407 g/mol. The van der Waals surface area contributed by atoms with Gasteiger partial charge in [0.25, 0.3) is 5.91 Å². The van der Waals surface area contributed by atoms with Gasteiger partial charge in [0.1, 0.15) is 24.7 Å². The van der Waals surface area contributed by atoms with E-state index in [0.717, 1.165) is 22.6 Å². The maximum atomic E-state index is 12.3. The number of hydrogen-bond donors (Lipinski definition) is 1. The van der Waals surface area contributed by atoms with E-state index in [1.165, 1.54) is 6.21 Å². The van der Waals surface area contributed by atoms with Crippen LogP contribution in [-0.2, 0) is 11.3 Å². The van der Waals surface area contributed by atoms with E-state index in [-0.39, 0.29) is 18.0 Å². The zero-order valence-electron chi connectivity index (χ0n) is 15.9. The fourth-order valence-corrected chi connectivity index (χ4v) is 2.42. The first kappa shape index (κ1) is 20.4. The van der Waals surface area contributed by atoms with Gasteiger partial charge >= 0.3 is 11.7 Å². The molecule has 152 valence electrons. The molecule has 0 aliphatic rings. The lowest BCUT2D eigenvalue weighted by atomic mass is 10.1. The molecule has 0 atom stereocenters. The summed E-state index contributed by atoms with van der Waals surface area (Å²) >= 11 is 0. The third-order valence-corrected chi connectivity index (χ3v) is 3.94. The fourth-order valence-electron chi connectivity index (χ4n) is 2.42. The second-order valence-corrected chi connectivity index (χ2v) is 6.24. The van der Waals surface area contributed by atoms with Crippen LogP contribution in [0.4, 0.5) is 5.69 Å². The highest BCUT2D eigenvalue weighted by molar-refractivity contribution is 5.93. The van der Waals surface area contributed by atoms with Gasteiger partial charge in [-0.1, -0.05) is 29.8 Å². The molecular formula is C20H17N5O5. The summed E-state index contributed by atoms with van der Waals surface area (Å²) in [6, 6.07) is 13.7. The Labute approximate surface area is 170 Å². The molecule has 3 aromatic rings. The first-order chi connectivity index (χ1) is 14.4. The Kier molecular flexibility index (Phi) is 6.28. The van der Waals surface area contributed by atoms with Crippen molar-refractivity contribution in [3.63, 3.8) is 0 Å². The Morgan fingerprint density at radius 2 is 1.97 bits per heavy atom. The van der Waals surface area contributed by atoms with Crippen LogP contribution < -0.4 is 10.2 Å². The fraction of sp³-hybridized carbons (Fsp3) is 0.100. The Hall–Kier alpha value is -4.34. The quantitative estimate of drug-likeness (QED) is 0.211. The lowest BCUT2D eigenvalue weighted by molar-refractivity contribution is -0.385. The number of carbonyl (C=O) groups is 2. The highest BCUT2D eigenvalue weighted by Crippen LogP contribution is 2.18. The lowest BCUT2D eigenvalue weighted by Gasteiger charge is -2.07. The van der Waals surface area contributed by atoms with E-state index in [9.17, 15) is 19.7 Å². The highest BCUT2D eigenvalue weighted by Gasteiger charge is 2.12. The van der Waals surface area contributed by atoms with Crippen LogP contribution in [0, 0.1) is 17.0 Å². The number of ether oxygens (including phenoxy) is 1. The third-order valence-electron chi connectivity index (χ3n) is 3.94. The molecule has 0 bridgehead atoms. The maximum absolute atomic E-state index is 12.3. The van der Waals surface area contributed by atoms with E-state index in [4.69, 9.17) is 4.74 Å². The number of aryl methyl sites for hydroxylation is 1. The summed E-state index contributed by atoms with van der Waals surface area (Å²) in [6.07, 6.45) is 3.53. The molecule has 2 aromatic carbocycles. The second kappa shape index (κ2) is 9.24. The molecule has 0 aliphatic carbocycles. The number of nitrogens with zero attached hydrogens (tertiary/aromatic N) is 4. The predicted molar refractivity (Wildman–Crippen MR) is 107 cm³/mol. The van der Waals surface area contributed by atoms with Gasteiger partial charge in [-0.05, 0) is 31.2 Å². The van der Waals surface area contributed by atoms with Gasteiger partial charge in [0.05, 0.1) is 16.7 Å². The standard InChI is InChI=1S/C20H17N5O5/c1-14-6-8-15(9-7-14)20(27)30-18-5-3-2-4-16(18)10-21-23-19(26)13-24-12-17(11-22-24)25(28)29/h2-12H,13H2,1H3,(H,23,26)/b21-10+. The van der Waals surface area contributed by atoms with Crippen LogP contribution >= 0.6 is 0 Å². The number of rotatable bonds is 7. The summed E-state index contributed by atoms with van der Waals surface area (Å²) in [5.74, 6) is -0.762. The SMILES string of the molecule is Cc1ccc(C(=O)Oc2ccccc2/C=N/NC(=O)Cn2cc([N+](=O)[O-])cn2)cc1. The predicted octanol–water partition coefficient (Wildman–Crippen LogP) is 2.47. The monoisotopic (exact) mass is 407 g/mol. The number of benzene rings is 2. The van der Waals surface area contributed by atoms with Crippen LogP contribution in [0.2, 0.25) is 0 Å². The first-order valence-electron chi connectivity index (χ1n) is 8.79. The summed E-state index contributed by atoms with van der Waals surface area (Å²) < 4.78 is 6.55. The molecule has 0 radical (unpaired) electrons. The van der Waals surface area contributed by atoms with Crippen molar-refractivity contribution in [2.24, 2.45) is 5.10 Å². The number of amides is 1. The van der Waals surface area contributed by atoms with Gasteiger partial charge in [-0.15, -0.1) is 0 Å². The minimum absolute atomic E-state index is 0.212. The summed E-state index contributed by atoms with van der Waals surface area (Å²) in [6.45, 7) is 1.68. The molecule has 1 aromatic heterocycles. The molecule has 0 saturated heterocycles. The van der Waals surface area contributed by atoms with Gasteiger partial charge < -0.3 is 4.74 Å². The van der Waals surface area contributed by atoms with E-state index < -0.39 is 16.8 Å². The third kappa shape index (κ3) is 5.35. The van der Waals surface area contributed by atoms with Crippen molar-refractivity contribution >= 4 is 23.8 Å². The van der Waals surface area contributed by atoms with Crippen LogP contribution in [0.15, 0.2) is 66.0 Å². The number of nitro groups is 1. The summed E-state index contributed by atoms with van der Waals surface area (Å²) in [5.41, 5.74) is 4.00. The molecule has 0 aliphatic heterocycles. The molecule has 0 fully saturated rings. The van der Waals surface area contributed by atoms with Crippen LogP contribution in [0.25, 0.3) is 0 Å². The van der Waals surface area contributed by atoms with Gasteiger partial charge in [0, 0.05) is 5.56 Å². The topological polar surface area (TPSA) is 129 Å². The van der Waals surface area contributed by atoms with Crippen molar-refractivity contribution in [2.75, 3.05) is 0 Å². The smallest absolute Gasteiger partial charge is 0.343 e. The Bertz CT molecular complexity index is 1100. The van der Waals surface area contributed by atoms with Crippen molar-refractivity contribution in [1.82, 2.24) is 15.2 Å². The van der Waals surface area contributed by atoms with Crippen LogP contribution in [0.5, 0.6) is 5.75 Å². The van der Waals surface area contributed by atoms with Gasteiger partial charge in [-0.25, -0.2) is 10.2 Å². The number of carbonyl (C=O) groups excluding carboxylic acids is 2. The Balaban J connectivity index is 1.61. The van der Waals surface area contributed by atoms with Crippen LogP contribution in [0.3, 0.4) is 0 Å². The van der Waals surface area contributed by atoms with Crippen LogP contribution in [0.1, 0.15) is 21.5 Å². The number of para-hydroxylation sites is 1. The minimum Gasteiger partial charge on any atom is -0.422 e. The number of hydrogen-bond acceptors (Lipinski definition) is 7. The molecule has 0 unspecified atom stereocenters. The molecule has 0 saturated carbocycles. The first-order valence-corrected chi connectivity index (χ1v) is 8.79. The Morgan fingerprint density at radius 3 is 2.67 bits per heavy atom. The molecule has 1 heterocycles. The molecule has 10 heteroatoms. The molecule has 0 spiro atoms. The molecular weight excluding hydrogens is 390 g/mol. The van der Waals surface area contributed by atoms with E-state index >= 15 is 0 Å². The van der Waals surface area contributed by atoms with Gasteiger partial charge in [-0.2, -0.15) is 10.2 Å². The number of aromatic nitrogens is 2. The Morgan fingerprint density at radius 1 is 1.23 bits per heavy atom. The molecule has 1 N–H and O–H groups in total. The normalized spacial score (nSPS) is 10.7. The molecule has 10 nitrogen and oxygen atoms in total. The van der Waals surface area contributed by atoms with Crippen molar-refractivity contribution in [3.05, 3.63) is 87.7 Å². The van der Waals surface area contributed by atoms with Crippen LogP contribution in [-0.4, -0.2) is 32.8 Å². The maximum Gasteiger partial charge on any atom is 0.343 e. The number of hydrazone groups is 1. The molecule has 1 amide bonds. The average Bonchev–Trinajstić information content (AvgIpc) is 3.18. The van der Waals surface area contributed by atoms with Gasteiger partial charge in [-0.3, -0.25) is 19.6 Å². The van der Waals surface area contributed by atoms with E-state index in [1.807, 2.05) is 19.1 Å². The van der Waals surface area contributed by atoms with E-state index in [2.05, 4.69) is 15.6 Å². The summed E-state index contributed by atoms with van der Waals surface area (Å²) in [7, 11) is 0. The largest absolute Gasteiger partial charge is 0.422 e. The molecule has 3 rings (SSSR count). The van der Waals surface area contributed by atoms with Crippen molar-refractivity contribution in [2.45, 2.75) is 13.5 Å². The summed E-state index contributed by atoms with van der Waals surface area (Å²) in [4.78, 5) is 34.3. The van der Waals surface area contributed by atoms with Crippen molar-refractivity contribution in [3.8, 4) is 5.75 Å². The van der Waals surface area contributed by atoms with E-state index in [0.29, 0.717) is 11.1 Å². The highest BCUT2D eigenvalue weighted by atomic mass is 16.6. The second-order valence-electron chi connectivity index (χ2n) is 6.24. The minimum atomic E-state index is -0.603. The zero-order chi connectivity index (χ0) is 21.5. The zero-order valence-corrected chi connectivity index (χ0v) is 15.9. The number of esters is 1. The summed E-state index contributed by atoms with van der Waals surface area (Å²) in [5, 5.41) is 18.2. The van der Waals surface area contributed by atoms with Gasteiger partial charge in [0.15, 0.2) is 0 Å².